The smallest absolute Gasteiger partial charge is 0.225 e. The summed E-state index contributed by atoms with van der Waals surface area (Å²) in [7, 11) is 3.38. The highest BCUT2D eigenvalue weighted by Crippen LogP contribution is 2.20. The number of hydrogen-bond donors (Lipinski definition) is 1. The molecule has 6 nitrogen and oxygen atoms in total. The first-order valence-corrected chi connectivity index (χ1v) is 8.91. The number of carbonyl (C=O) groups is 1. The van der Waals surface area contributed by atoms with Crippen molar-refractivity contribution in [2.75, 3.05) is 27.2 Å². The molecule has 3 rings (SSSR count). The van der Waals surface area contributed by atoms with E-state index in [0.29, 0.717) is 5.69 Å². The van der Waals surface area contributed by atoms with E-state index in [-0.39, 0.29) is 12.3 Å². The van der Waals surface area contributed by atoms with Crippen LogP contribution < -0.4 is 0 Å². The van der Waals surface area contributed by atoms with Crippen LogP contribution in [0.25, 0.3) is 6.08 Å². The number of carbonyl (C=O) groups excluding carboxylic acids is 1. The first kappa shape index (κ1) is 18.4. The van der Waals surface area contributed by atoms with Crippen molar-refractivity contribution in [3.8, 4) is 0 Å². The summed E-state index contributed by atoms with van der Waals surface area (Å²) < 4.78 is 1.94. The molecule has 0 fully saturated rings. The Balaban J connectivity index is 1.58. The van der Waals surface area contributed by atoms with Crippen LogP contribution in [-0.4, -0.2) is 57.8 Å². The van der Waals surface area contributed by atoms with Gasteiger partial charge in [-0.05, 0) is 11.6 Å². The lowest BCUT2D eigenvalue weighted by Gasteiger charge is -2.26. The number of aromatic nitrogens is 2. The SMILES string of the molecule is CN(C)C(=O)C[C@@H](O)c1cc2n(n1)CCN(C/C=C/c1ccccc1)C2. The fourth-order valence-corrected chi connectivity index (χ4v) is 3.02. The van der Waals surface area contributed by atoms with Gasteiger partial charge in [0.25, 0.3) is 0 Å². The Morgan fingerprint density at radius 3 is 2.81 bits per heavy atom. The number of amides is 1. The number of aliphatic hydroxyl groups is 1. The standard InChI is InChI=1S/C20H26N4O2/c1-22(2)20(26)14-19(25)18-13-17-15-23(11-12-24(17)21-18)10-6-9-16-7-4-3-5-8-16/h3-9,13,19,25H,10-12,14-15H2,1-2H3/b9-6+/t19-/m1/s1. The Bertz CT molecular complexity index is 767. The lowest BCUT2D eigenvalue weighted by Crippen LogP contribution is -2.33. The average Bonchev–Trinajstić information content (AvgIpc) is 3.06. The molecule has 1 aliphatic heterocycles. The minimum absolute atomic E-state index is 0.0625. The number of rotatable bonds is 6. The molecule has 1 aromatic heterocycles. The summed E-state index contributed by atoms with van der Waals surface area (Å²) >= 11 is 0. The van der Waals surface area contributed by atoms with Crippen molar-refractivity contribution >= 4 is 12.0 Å². The van der Waals surface area contributed by atoms with E-state index in [4.69, 9.17) is 0 Å². The largest absolute Gasteiger partial charge is 0.386 e. The van der Waals surface area contributed by atoms with Gasteiger partial charge in [-0.2, -0.15) is 5.10 Å². The number of hydrogen-bond acceptors (Lipinski definition) is 4. The van der Waals surface area contributed by atoms with Gasteiger partial charge in [-0.15, -0.1) is 0 Å². The van der Waals surface area contributed by atoms with Crippen LogP contribution in [0.5, 0.6) is 0 Å². The highest BCUT2D eigenvalue weighted by atomic mass is 16.3. The van der Waals surface area contributed by atoms with Gasteiger partial charge >= 0.3 is 0 Å². The Kier molecular flexibility index (Phi) is 5.85. The third-order valence-electron chi connectivity index (χ3n) is 4.58. The van der Waals surface area contributed by atoms with E-state index in [1.165, 1.54) is 10.5 Å². The van der Waals surface area contributed by atoms with Crippen LogP contribution in [0.4, 0.5) is 0 Å². The van der Waals surface area contributed by atoms with Gasteiger partial charge < -0.3 is 10.0 Å². The summed E-state index contributed by atoms with van der Waals surface area (Å²) in [6, 6.07) is 12.2. The lowest BCUT2D eigenvalue weighted by molar-refractivity contribution is -0.130. The minimum Gasteiger partial charge on any atom is -0.386 e. The van der Waals surface area contributed by atoms with E-state index in [2.05, 4.69) is 34.3 Å². The molecule has 138 valence electrons. The van der Waals surface area contributed by atoms with Crippen LogP contribution in [0.2, 0.25) is 0 Å². The lowest BCUT2D eigenvalue weighted by atomic mass is 10.1. The topological polar surface area (TPSA) is 61.6 Å². The molecule has 0 bridgehead atoms. The van der Waals surface area contributed by atoms with Crippen LogP contribution in [0, 0.1) is 0 Å². The van der Waals surface area contributed by atoms with Gasteiger partial charge in [0.05, 0.1) is 24.4 Å². The molecule has 0 radical (unpaired) electrons. The second-order valence-corrected chi connectivity index (χ2v) is 6.84. The molecule has 0 saturated heterocycles. The number of fused-ring (bicyclic) bond motifs is 1. The number of benzene rings is 1. The van der Waals surface area contributed by atoms with Crippen LogP contribution >= 0.6 is 0 Å². The van der Waals surface area contributed by atoms with Gasteiger partial charge in [0, 0.05) is 33.7 Å². The first-order chi connectivity index (χ1) is 12.5. The molecule has 2 aromatic rings. The summed E-state index contributed by atoms with van der Waals surface area (Å²) in [4.78, 5) is 15.6. The molecule has 1 atom stereocenters. The predicted molar refractivity (Wildman–Crippen MR) is 101 cm³/mol. The maximum Gasteiger partial charge on any atom is 0.225 e. The van der Waals surface area contributed by atoms with Crippen molar-refractivity contribution in [3.05, 3.63) is 59.4 Å². The Morgan fingerprint density at radius 2 is 2.08 bits per heavy atom. The average molecular weight is 354 g/mol. The second kappa shape index (κ2) is 8.29. The molecule has 0 unspecified atom stereocenters. The fraction of sp³-hybridized carbons (Fsp3) is 0.400. The minimum atomic E-state index is -0.852. The molecule has 6 heteroatoms. The van der Waals surface area contributed by atoms with E-state index in [1.807, 2.05) is 28.9 Å². The maximum atomic E-state index is 11.8. The third-order valence-corrected chi connectivity index (χ3v) is 4.58. The zero-order valence-corrected chi connectivity index (χ0v) is 15.4. The van der Waals surface area contributed by atoms with Gasteiger partial charge in [0.1, 0.15) is 6.10 Å². The van der Waals surface area contributed by atoms with Gasteiger partial charge in [-0.3, -0.25) is 14.4 Å². The van der Waals surface area contributed by atoms with Gasteiger partial charge in [-0.25, -0.2) is 0 Å². The Hall–Kier alpha value is -2.44. The summed E-state index contributed by atoms with van der Waals surface area (Å²) in [6.07, 6.45) is 3.52. The highest BCUT2D eigenvalue weighted by molar-refractivity contribution is 5.76. The fourth-order valence-electron chi connectivity index (χ4n) is 3.02. The van der Waals surface area contributed by atoms with Crippen molar-refractivity contribution in [2.45, 2.75) is 25.6 Å². The molecule has 1 N–H and O–H groups in total. The first-order valence-electron chi connectivity index (χ1n) is 8.91. The molecule has 0 spiro atoms. The molecule has 1 aliphatic rings. The van der Waals surface area contributed by atoms with Crippen molar-refractivity contribution in [3.63, 3.8) is 0 Å². The molecular formula is C20H26N4O2. The number of nitrogens with zero attached hydrogens (tertiary/aromatic N) is 4. The van der Waals surface area contributed by atoms with E-state index in [0.717, 1.165) is 31.9 Å². The molecule has 0 aliphatic carbocycles. The Labute approximate surface area is 154 Å². The molecule has 1 amide bonds. The van der Waals surface area contributed by atoms with Crippen molar-refractivity contribution in [1.82, 2.24) is 19.6 Å². The van der Waals surface area contributed by atoms with Crippen molar-refractivity contribution < 1.29 is 9.90 Å². The zero-order valence-electron chi connectivity index (χ0n) is 15.4. The zero-order chi connectivity index (χ0) is 18.5. The molecule has 1 aromatic carbocycles. The van der Waals surface area contributed by atoms with E-state index >= 15 is 0 Å². The van der Waals surface area contributed by atoms with Crippen LogP contribution in [0.15, 0.2) is 42.5 Å². The predicted octanol–water partition coefficient (Wildman–Crippen LogP) is 1.92. The molecular weight excluding hydrogens is 328 g/mol. The van der Waals surface area contributed by atoms with Crippen LogP contribution in [0.1, 0.15) is 29.5 Å². The monoisotopic (exact) mass is 354 g/mol. The molecule has 26 heavy (non-hydrogen) atoms. The maximum absolute atomic E-state index is 11.8. The summed E-state index contributed by atoms with van der Waals surface area (Å²) in [5.74, 6) is -0.101. The highest BCUT2D eigenvalue weighted by Gasteiger charge is 2.22. The van der Waals surface area contributed by atoms with Crippen molar-refractivity contribution in [2.24, 2.45) is 0 Å². The molecule has 2 heterocycles. The quantitative estimate of drug-likeness (QED) is 0.861. The third kappa shape index (κ3) is 4.59. The van der Waals surface area contributed by atoms with Crippen molar-refractivity contribution in [1.29, 1.82) is 0 Å². The van der Waals surface area contributed by atoms with Gasteiger partial charge in [0.15, 0.2) is 0 Å². The summed E-state index contributed by atoms with van der Waals surface area (Å²) in [6.45, 7) is 3.38. The molecule has 0 saturated carbocycles. The summed E-state index contributed by atoms with van der Waals surface area (Å²) in [5, 5.41) is 14.8. The van der Waals surface area contributed by atoms with Gasteiger partial charge in [0.2, 0.25) is 5.91 Å². The number of aliphatic hydroxyl groups excluding tert-OH is 1. The Morgan fingerprint density at radius 1 is 1.31 bits per heavy atom. The van der Waals surface area contributed by atoms with Crippen LogP contribution in [-0.2, 0) is 17.9 Å². The van der Waals surface area contributed by atoms with E-state index in [1.54, 1.807) is 14.1 Å². The summed E-state index contributed by atoms with van der Waals surface area (Å²) in [5.41, 5.74) is 2.86. The van der Waals surface area contributed by atoms with E-state index in [9.17, 15) is 9.90 Å². The van der Waals surface area contributed by atoms with Crippen LogP contribution in [0.3, 0.4) is 0 Å². The second-order valence-electron chi connectivity index (χ2n) is 6.84. The van der Waals surface area contributed by atoms with Gasteiger partial charge in [-0.1, -0.05) is 42.5 Å². The van der Waals surface area contributed by atoms with E-state index < -0.39 is 6.10 Å². The normalized spacial score (nSPS) is 15.8.